The monoisotopic (exact) mass is 244 g/mol. The first-order valence-corrected chi connectivity index (χ1v) is 6.94. The van der Waals surface area contributed by atoms with Gasteiger partial charge in [-0.05, 0) is 50.2 Å². The molecule has 18 heavy (non-hydrogen) atoms. The highest BCUT2D eigenvalue weighted by Crippen LogP contribution is 2.34. The third kappa shape index (κ3) is 1.99. The molecule has 0 aromatic heterocycles. The molecule has 0 radical (unpaired) electrons. The van der Waals surface area contributed by atoms with Gasteiger partial charge in [0.05, 0.1) is 0 Å². The van der Waals surface area contributed by atoms with Crippen LogP contribution in [0.4, 0.5) is 0 Å². The molecule has 1 saturated heterocycles. The summed E-state index contributed by atoms with van der Waals surface area (Å²) in [5.74, 6) is 0.484. The number of fused-ring (bicyclic) bond motifs is 1. The topological polar surface area (TPSA) is 26.3 Å². The summed E-state index contributed by atoms with van der Waals surface area (Å²) in [5.41, 5.74) is 2.26. The second-order valence-electron chi connectivity index (χ2n) is 5.76. The molecule has 1 fully saturated rings. The molecule has 2 aliphatic rings. The maximum atomic E-state index is 12.6. The lowest BCUT2D eigenvalue weighted by atomic mass is 9.77. The van der Waals surface area contributed by atoms with Crippen LogP contribution in [-0.2, 0) is 22.4 Å². The Labute approximate surface area is 108 Å². The number of hydrogen-bond acceptors (Lipinski definition) is 2. The highest BCUT2D eigenvalue weighted by atomic mass is 16.5. The van der Waals surface area contributed by atoms with Crippen molar-refractivity contribution in [1.82, 2.24) is 0 Å². The molecule has 1 aliphatic heterocycles. The third-order valence-corrected chi connectivity index (χ3v) is 4.46. The van der Waals surface area contributed by atoms with E-state index in [1.165, 1.54) is 11.1 Å². The predicted molar refractivity (Wildman–Crippen MR) is 70.6 cm³/mol. The summed E-state index contributed by atoms with van der Waals surface area (Å²) >= 11 is 0. The van der Waals surface area contributed by atoms with Crippen LogP contribution < -0.4 is 0 Å². The van der Waals surface area contributed by atoms with Gasteiger partial charge in [-0.3, -0.25) is 4.79 Å². The number of Topliss-reactive ketones (excluding diaryl/α,β-unsaturated/α-hetero) is 1. The molecule has 2 nitrogen and oxygen atoms in total. The second-order valence-corrected chi connectivity index (χ2v) is 5.76. The van der Waals surface area contributed by atoms with Crippen molar-refractivity contribution in [3.63, 3.8) is 0 Å². The molecule has 1 aliphatic carbocycles. The Hall–Kier alpha value is -1.15. The van der Waals surface area contributed by atoms with Gasteiger partial charge in [0, 0.05) is 12.5 Å². The Balaban J connectivity index is 1.78. The van der Waals surface area contributed by atoms with E-state index >= 15 is 0 Å². The summed E-state index contributed by atoms with van der Waals surface area (Å²) in [6.45, 7) is 2.72. The molecule has 0 amide bonds. The van der Waals surface area contributed by atoms with Crippen LogP contribution in [0.5, 0.6) is 0 Å². The van der Waals surface area contributed by atoms with Crippen LogP contribution in [0.3, 0.4) is 0 Å². The van der Waals surface area contributed by atoms with E-state index in [1.54, 1.807) is 0 Å². The molecule has 2 unspecified atom stereocenters. The first-order valence-electron chi connectivity index (χ1n) is 6.94. The zero-order valence-electron chi connectivity index (χ0n) is 10.9. The quantitative estimate of drug-likeness (QED) is 0.799. The first-order chi connectivity index (χ1) is 8.69. The third-order valence-electron chi connectivity index (χ3n) is 4.46. The molecule has 1 aromatic rings. The fraction of sp³-hybridized carbons (Fsp3) is 0.562. The van der Waals surface area contributed by atoms with Crippen molar-refractivity contribution < 1.29 is 9.53 Å². The van der Waals surface area contributed by atoms with Crippen LogP contribution in [0.15, 0.2) is 24.3 Å². The molecular weight excluding hydrogens is 224 g/mol. The fourth-order valence-electron chi connectivity index (χ4n) is 3.33. The van der Waals surface area contributed by atoms with Crippen molar-refractivity contribution in [2.24, 2.45) is 5.92 Å². The van der Waals surface area contributed by atoms with Gasteiger partial charge in [-0.1, -0.05) is 24.3 Å². The summed E-state index contributed by atoms with van der Waals surface area (Å²) in [5, 5.41) is 0. The largest absolute Gasteiger partial charge is 0.367 e. The predicted octanol–water partition coefficient (Wildman–Crippen LogP) is 2.93. The molecule has 96 valence electrons. The van der Waals surface area contributed by atoms with Crippen LogP contribution in [0.25, 0.3) is 0 Å². The number of benzene rings is 1. The zero-order chi connectivity index (χ0) is 12.6. The maximum absolute atomic E-state index is 12.6. The van der Waals surface area contributed by atoms with Crippen LogP contribution in [0, 0.1) is 5.92 Å². The van der Waals surface area contributed by atoms with Gasteiger partial charge in [-0.2, -0.15) is 0 Å². The lowest BCUT2D eigenvalue weighted by Gasteiger charge is -2.30. The van der Waals surface area contributed by atoms with Gasteiger partial charge in [-0.25, -0.2) is 0 Å². The highest BCUT2D eigenvalue weighted by Gasteiger charge is 2.41. The van der Waals surface area contributed by atoms with E-state index in [1.807, 2.05) is 6.92 Å². The van der Waals surface area contributed by atoms with Crippen molar-refractivity contribution in [2.45, 2.75) is 44.6 Å². The summed E-state index contributed by atoms with van der Waals surface area (Å²) in [6.07, 6.45) is 4.82. The summed E-state index contributed by atoms with van der Waals surface area (Å²) in [4.78, 5) is 12.6. The van der Waals surface area contributed by atoms with Crippen molar-refractivity contribution in [2.75, 3.05) is 6.61 Å². The van der Waals surface area contributed by atoms with E-state index < -0.39 is 5.60 Å². The molecule has 3 rings (SSSR count). The highest BCUT2D eigenvalue weighted by molar-refractivity contribution is 5.89. The molecule has 1 heterocycles. The molecule has 2 atom stereocenters. The fourth-order valence-corrected chi connectivity index (χ4v) is 3.33. The zero-order valence-corrected chi connectivity index (χ0v) is 10.9. The number of ether oxygens (including phenoxy) is 1. The van der Waals surface area contributed by atoms with Crippen LogP contribution in [-0.4, -0.2) is 18.0 Å². The van der Waals surface area contributed by atoms with E-state index in [2.05, 4.69) is 24.3 Å². The molecule has 0 saturated carbocycles. The molecular formula is C16H20O2. The van der Waals surface area contributed by atoms with E-state index in [4.69, 9.17) is 4.74 Å². The van der Waals surface area contributed by atoms with Crippen LogP contribution >= 0.6 is 0 Å². The standard InChI is InChI=1S/C16H20O2/c1-16(9-4-10-18-16)15(17)14-8-7-12-5-2-3-6-13(12)11-14/h2-3,5-6,14H,4,7-11H2,1H3. The smallest absolute Gasteiger partial charge is 0.167 e. The molecule has 0 bridgehead atoms. The van der Waals surface area contributed by atoms with Crippen molar-refractivity contribution in [1.29, 1.82) is 0 Å². The summed E-state index contributed by atoms with van der Waals surface area (Å²) < 4.78 is 5.69. The Morgan fingerprint density at radius 3 is 2.83 bits per heavy atom. The van der Waals surface area contributed by atoms with Crippen molar-refractivity contribution in [3.05, 3.63) is 35.4 Å². The van der Waals surface area contributed by atoms with E-state index in [0.29, 0.717) is 5.78 Å². The molecule has 0 spiro atoms. The summed E-state index contributed by atoms with van der Waals surface area (Å²) in [7, 11) is 0. The van der Waals surface area contributed by atoms with Gasteiger partial charge in [0.25, 0.3) is 0 Å². The number of ketones is 1. The molecule has 2 heteroatoms. The molecule has 0 N–H and O–H groups in total. The number of aryl methyl sites for hydroxylation is 1. The molecule has 1 aromatic carbocycles. The van der Waals surface area contributed by atoms with Gasteiger partial charge in [0.1, 0.15) is 5.60 Å². The van der Waals surface area contributed by atoms with Crippen molar-refractivity contribution in [3.8, 4) is 0 Å². The van der Waals surface area contributed by atoms with Gasteiger partial charge in [0.2, 0.25) is 0 Å². The summed E-state index contributed by atoms with van der Waals surface area (Å²) in [6, 6.07) is 8.50. The normalized spacial score (nSPS) is 31.1. The Bertz CT molecular complexity index is 458. The number of rotatable bonds is 2. The van der Waals surface area contributed by atoms with Crippen LogP contribution in [0.2, 0.25) is 0 Å². The first kappa shape index (κ1) is 11.9. The number of carbonyl (C=O) groups excluding carboxylic acids is 1. The minimum Gasteiger partial charge on any atom is -0.367 e. The second kappa shape index (κ2) is 4.51. The van der Waals surface area contributed by atoms with E-state index in [0.717, 1.165) is 38.7 Å². The lowest BCUT2D eigenvalue weighted by molar-refractivity contribution is -0.141. The van der Waals surface area contributed by atoms with Gasteiger partial charge < -0.3 is 4.74 Å². The lowest BCUT2D eigenvalue weighted by Crippen LogP contribution is -2.41. The minimum atomic E-state index is -0.503. The van der Waals surface area contributed by atoms with Gasteiger partial charge >= 0.3 is 0 Å². The van der Waals surface area contributed by atoms with Gasteiger partial charge in [0.15, 0.2) is 5.78 Å². The number of carbonyl (C=O) groups is 1. The maximum Gasteiger partial charge on any atom is 0.167 e. The Kier molecular flexibility index (Phi) is 2.98. The number of hydrogen-bond donors (Lipinski definition) is 0. The average molecular weight is 244 g/mol. The van der Waals surface area contributed by atoms with Crippen molar-refractivity contribution >= 4 is 5.78 Å². The Morgan fingerprint density at radius 2 is 2.11 bits per heavy atom. The SMILES string of the molecule is CC1(C(=O)C2CCc3ccccc3C2)CCCO1. The van der Waals surface area contributed by atoms with E-state index in [-0.39, 0.29) is 5.92 Å². The van der Waals surface area contributed by atoms with E-state index in [9.17, 15) is 4.79 Å². The average Bonchev–Trinajstić information content (AvgIpc) is 2.85. The van der Waals surface area contributed by atoms with Gasteiger partial charge in [-0.15, -0.1) is 0 Å². The Morgan fingerprint density at radius 1 is 1.33 bits per heavy atom. The van der Waals surface area contributed by atoms with Crippen LogP contribution in [0.1, 0.15) is 37.3 Å². The minimum absolute atomic E-state index is 0.156.